The van der Waals surface area contributed by atoms with Gasteiger partial charge in [0.15, 0.2) is 0 Å². The second kappa shape index (κ2) is 11.2. The zero-order chi connectivity index (χ0) is 30.6. The molecular formula is C36H39NO7. The summed E-state index contributed by atoms with van der Waals surface area (Å²) >= 11 is 0. The SMILES string of the molecule is CCOC(=O)C1=C/C(=C2\CCC(=O)[C@@H](c3ccc4c(c3)=CCN=4)C2)c2c(cc3c(c2OC)C[C@@H]([C@@](C)(O)C2CCCC2)O3)O1. The van der Waals surface area contributed by atoms with Gasteiger partial charge in [0, 0.05) is 30.4 Å². The van der Waals surface area contributed by atoms with Gasteiger partial charge in [0.05, 0.1) is 31.2 Å². The lowest BCUT2D eigenvalue weighted by Gasteiger charge is -2.35. The summed E-state index contributed by atoms with van der Waals surface area (Å²) in [5, 5.41) is 13.7. The number of rotatable bonds is 6. The van der Waals surface area contributed by atoms with Gasteiger partial charge in [-0.3, -0.25) is 9.79 Å². The van der Waals surface area contributed by atoms with Gasteiger partial charge in [-0.25, -0.2) is 4.79 Å². The van der Waals surface area contributed by atoms with Crippen LogP contribution in [0.15, 0.2) is 46.7 Å². The third-order valence-electron chi connectivity index (χ3n) is 10.2. The van der Waals surface area contributed by atoms with Crippen LogP contribution in [0.3, 0.4) is 0 Å². The van der Waals surface area contributed by atoms with E-state index in [-0.39, 0.29) is 30.0 Å². The minimum atomic E-state index is -0.991. The van der Waals surface area contributed by atoms with Gasteiger partial charge >= 0.3 is 5.97 Å². The van der Waals surface area contributed by atoms with E-state index in [0.717, 1.165) is 64.1 Å². The molecule has 8 nitrogen and oxygen atoms in total. The Kier molecular flexibility index (Phi) is 7.35. The number of fused-ring (bicyclic) bond motifs is 3. The first-order valence-corrected chi connectivity index (χ1v) is 15.9. The van der Waals surface area contributed by atoms with Crippen LogP contribution in [0.5, 0.6) is 17.2 Å². The number of allylic oxidation sites excluding steroid dienone is 3. The standard InChI is InChI=1S/C36H39NO7/c1-4-42-35(39)31-17-25(21-10-12-28(38)24(16-21)20-9-11-27-22(15-20)13-14-37-27)33-30(43-31)19-29-26(34(33)41-3)18-32(44-29)36(2,40)23-7-5-6-8-23/h9,11,13,15,17,19,23-24,32,40H,4-8,10,12,14,16,18H2,1-3H3/b25-21-/t24-,32+,36+/m1/s1. The number of esters is 1. The van der Waals surface area contributed by atoms with E-state index < -0.39 is 17.7 Å². The number of hydrogen-bond acceptors (Lipinski definition) is 8. The first kappa shape index (κ1) is 28.8. The Morgan fingerprint density at radius 2 is 1.95 bits per heavy atom. The smallest absolute Gasteiger partial charge is 0.374 e. The molecule has 0 radical (unpaired) electrons. The molecule has 0 saturated heterocycles. The summed E-state index contributed by atoms with van der Waals surface area (Å²) in [5.41, 5.74) is 3.49. The van der Waals surface area contributed by atoms with E-state index in [2.05, 4.69) is 17.1 Å². The van der Waals surface area contributed by atoms with Crippen LogP contribution in [-0.4, -0.2) is 48.8 Å². The lowest BCUT2D eigenvalue weighted by molar-refractivity contribution is -0.141. The third kappa shape index (κ3) is 4.84. The van der Waals surface area contributed by atoms with Crippen molar-refractivity contribution in [2.75, 3.05) is 20.3 Å². The molecule has 1 N–H and O–H groups in total. The predicted octanol–water partition coefficient (Wildman–Crippen LogP) is 4.48. The molecule has 8 heteroatoms. The molecule has 3 heterocycles. The number of methoxy groups -OCH3 is 1. The van der Waals surface area contributed by atoms with E-state index in [4.69, 9.17) is 18.9 Å². The molecule has 0 spiro atoms. The van der Waals surface area contributed by atoms with Gasteiger partial charge in [-0.2, -0.15) is 0 Å². The van der Waals surface area contributed by atoms with Crippen molar-refractivity contribution in [3.63, 3.8) is 0 Å². The van der Waals surface area contributed by atoms with E-state index in [1.165, 1.54) is 0 Å². The highest BCUT2D eigenvalue weighted by molar-refractivity contribution is 5.98. The second-order valence-corrected chi connectivity index (χ2v) is 12.7. The Morgan fingerprint density at radius 3 is 2.73 bits per heavy atom. The van der Waals surface area contributed by atoms with Crippen LogP contribution in [0.25, 0.3) is 11.6 Å². The van der Waals surface area contributed by atoms with Gasteiger partial charge in [0.2, 0.25) is 5.76 Å². The number of carbonyl (C=O) groups excluding carboxylic acids is 2. The molecule has 2 saturated carbocycles. The fraction of sp³-hybridized carbons (Fsp3) is 0.472. The van der Waals surface area contributed by atoms with Gasteiger partial charge in [-0.1, -0.05) is 30.6 Å². The van der Waals surface area contributed by atoms with Crippen LogP contribution in [0, 0.1) is 5.92 Å². The Balaban J connectivity index is 1.32. The molecule has 230 valence electrons. The largest absolute Gasteiger partial charge is 0.496 e. The fourth-order valence-electron chi connectivity index (χ4n) is 7.72. The highest BCUT2D eigenvalue weighted by atomic mass is 16.6. The Morgan fingerprint density at radius 1 is 1.14 bits per heavy atom. The van der Waals surface area contributed by atoms with E-state index in [1.807, 2.05) is 25.1 Å². The number of hydrogen-bond donors (Lipinski definition) is 1. The monoisotopic (exact) mass is 597 g/mol. The normalized spacial score (nSPS) is 25.4. The second-order valence-electron chi connectivity index (χ2n) is 12.7. The van der Waals surface area contributed by atoms with Crippen LogP contribution in [-0.2, 0) is 20.7 Å². The van der Waals surface area contributed by atoms with Gasteiger partial charge in [0.1, 0.15) is 34.7 Å². The van der Waals surface area contributed by atoms with Crippen molar-refractivity contribution in [1.29, 1.82) is 0 Å². The topological polar surface area (TPSA) is 104 Å². The molecule has 5 aliphatic rings. The van der Waals surface area contributed by atoms with Crippen LogP contribution in [0.1, 0.15) is 81.4 Å². The molecule has 0 unspecified atom stereocenters. The van der Waals surface area contributed by atoms with Crippen molar-refractivity contribution in [3.05, 3.63) is 68.9 Å². The summed E-state index contributed by atoms with van der Waals surface area (Å²) in [5.74, 6) is 1.26. The summed E-state index contributed by atoms with van der Waals surface area (Å²) in [6, 6.07) is 7.91. The summed E-state index contributed by atoms with van der Waals surface area (Å²) in [7, 11) is 1.63. The van der Waals surface area contributed by atoms with Crippen LogP contribution < -0.4 is 24.8 Å². The molecule has 44 heavy (non-hydrogen) atoms. The van der Waals surface area contributed by atoms with Crippen molar-refractivity contribution in [2.45, 2.75) is 82.8 Å². The quantitative estimate of drug-likeness (QED) is 0.490. The van der Waals surface area contributed by atoms with Crippen LogP contribution in [0.2, 0.25) is 0 Å². The van der Waals surface area contributed by atoms with Gasteiger partial charge < -0.3 is 24.1 Å². The maximum absolute atomic E-state index is 13.3. The van der Waals surface area contributed by atoms with Crippen molar-refractivity contribution >= 4 is 23.4 Å². The highest BCUT2D eigenvalue weighted by Gasteiger charge is 2.47. The van der Waals surface area contributed by atoms with E-state index in [0.29, 0.717) is 49.5 Å². The lowest BCUT2D eigenvalue weighted by Crippen LogP contribution is -2.47. The maximum Gasteiger partial charge on any atom is 0.374 e. The first-order chi connectivity index (χ1) is 21.3. The number of ether oxygens (including phenoxy) is 4. The van der Waals surface area contributed by atoms with Crippen molar-refractivity contribution in [1.82, 2.24) is 0 Å². The van der Waals surface area contributed by atoms with Crippen LogP contribution >= 0.6 is 0 Å². The maximum atomic E-state index is 13.3. The molecule has 3 atom stereocenters. The average Bonchev–Trinajstić information content (AvgIpc) is 3.81. The average molecular weight is 598 g/mol. The number of aliphatic hydroxyl groups is 1. The van der Waals surface area contributed by atoms with Gasteiger partial charge in [-0.05, 0) is 80.0 Å². The zero-order valence-electron chi connectivity index (χ0n) is 25.6. The van der Waals surface area contributed by atoms with Crippen molar-refractivity contribution in [3.8, 4) is 17.2 Å². The van der Waals surface area contributed by atoms with Gasteiger partial charge in [0.25, 0.3) is 0 Å². The molecule has 7 rings (SSSR count). The van der Waals surface area contributed by atoms with Gasteiger partial charge in [-0.15, -0.1) is 0 Å². The summed E-state index contributed by atoms with van der Waals surface area (Å²) in [6.07, 6.45) is 9.60. The van der Waals surface area contributed by atoms with E-state index >= 15 is 0 Å². The number of carbonyl (C=O) groups is 2. The van der Waals surface area contributed by atoms with E-state index in [9.17, 15) is 14.7 Å². The molecule has 2 fully saturated rings. The minimum Gasteiger partial charge on any atom is -0.496 e. The molecule has 0 bridgehead atoms. The number of Topliss-reactive ketones (excluding diaryl/α,β-unsaturated/α-hetero) is 1. The number of benzene rings is 2. The zero-order valence-corrected chi connectivity index (χ0v) is 25.6. The summed E-state index contributed by atoms with van der Waals surface area (Å²) < 4.78 is 24.0. The molecule has 3 aliphatic heterocycles. The Labute approximate surface area is 257 Å². The minimum absolute atomic E-state index is 0.0820. The molecule has 2 aromatic carbocycles. The number of ketones is 1. The lowest BCUT2D eigenvalue weighted by atomic mass is 9.77. The van der Waals surface area contributed by atoms with Crippen molar-refractivity contribution < 1.29 is 33.6 Å². The molecule has 0 aromatic heterocycles. The Hall–Kier alpha value is -3.91. The number of nitrogens with zero attached hydrogens (tertiary/aromatic N) is 1. The van der Waals surface area contributed by atoms with E-state index in [1.54, 1.807) is 20.1 Å². The summed E-state index contributed by atoms with van der Waals surface area (Å²) in [4.78, 5) is 30.8. The third-order valence-corrected chi connectivity index (χ3v) is 10.2. The predicted molar refractivity (Wildman–Crippen MR) is 164 cm³/mol. The van der Waals surface area contributed by atoms with Crippen LogP contribution in [0.4, 0.5) is 0 Å². The van der Waals surface area contributed by atoms with Crippen molar-refractivity contribution in [2.24, 2.45) is 10.9 Å². The summed E-state index contributed by atoms with van der Waals surface area (Å²) in [6.45, 7) is 4.52. The molecular weight excluding hydrogens is 558 g/mol. The fourth-order valence-corrected chi connectivity index (χ4v) is 7.72. The molecule has 0 amide bonds. The molecule has 2 aromatic rings. The molecule has 2 aliphatic carbocycles. The first-order valence-electron chi connectivity index (χ1n) is 15.9. The Bertz CT molecular complexity index is 1730. The highest BCUT2D eigenvalue weighted by Crippen LogP contribution is 2.53.